The molecule has 0 aromatic carbocycles. The lowest BCUT2D eigenvalue weighted by Gasteiger charge is -2.20. The van der Waals surface area contributed by atoms with Gasteiger partial charge in [0.15, 0.2) is 0 Å². The zero-order valence-electron chi connectivity index (χ0n) is 8.70. The summed E-state index contributed by atoms with van der Waals surface area (Å²) in [6, 6.07) is 0.702. The molecule has 13 heavy (non-hydrogen) atoms. The van der Waals surface area contributed by atoms with Crippen molar-refractivity contribution in [3.05, 3.63) is 0 Å². The average molecular weight is 187 g/mol. The third-order valence-electron chi connectivity index (χ3n) is 2.67. The quantitative estimate of drug-likeness (QED) is 0.644. The lowest BCUT2D eigenvalue weighted by molar-refractivity contribution is 0.0720. The average Bonchev–Trinajstić information content (AvgIpc) is 2.39. The lowest BCUT2D eigenvalue weighted by Crippen LogP contribution is -2.30. The van der Waals surface area contributed by atoms with Crippen LogP contribution in [0.3, 0.4) is 0 Å². The van der Waals surface area contributed by atoms with Crippen molar-refractivity contribution in [2.75, 3.05) is 32.9 Å². The SMILES string of the molecule is CC1CC(C)N(CCOCCO)C1. The highest BCUT2D eigenvalue weighted by molar-refractivity contribution is 4.79. The Kier molecular flexibility index (Phi) is 4.70. The summed E-state index contributed by atoms with van der Waals surface area (Å²) in [4.78, 5) is 2.46. The highest BCUT2D eigenvalue weighted by Crippen LogP contribution is 2.21. The van der Waals surface area contributed by atoms with Crippen LogP contribution in [0.15, 0.2) is 0 Å². The maximum Gasteiger partial charge on any atom is 0.0698 e. The van der Waals surface area contributed by atoms with Gasteiger partial charge in [-0.1, -0.05) is 6.92 Å². The van der Waals surface area contributed by atoms with Crippen LogP contribution in [-0.4, -0.2) is 49.0 Å². The second-order valence-electron chi connectivity index (χ2n) is 4.02. The van der Waals surface area contributed by atoms with Gasteiger partial charge in [0.25, 0.3) is 0 Å². The largest absolute Gasteiger partial charge is 0.394 e. The van der Waals surface area contributed by atoms with Crippen LogP contribution in [0.1, 0.15) is 20.3 Å². The normalized spacial score (nSPS) is 29.8. The van der Waals surface area contributed by atoms with Crippen LogP contribution in [0.4, 0.5) is 0 Å². The van der Waals surface area contributed by atoms with Crippen LogP contribution in [0.5, 0.6) is 0 Å². The molecule has 0 saturated carbocycles. The Morgan fingerprint density at radius 1 is 1.38 bits per heavy atom. The smallest absolute Gasteiger partial charge is 0.0698 e. The number of rotatable bonds is 5. The molecule has 0 aromatic rings. The van der Waals surface area contributed by atoms with Crippen molar-refractivity contribution in [1.29, 1.82) is 0 Å². The highest BCUT2D eigenvalue weighted by atomic mass is 16.5. The number of nitrogens with zero attached hydrogens (tertiary/aromatic N) is 1. The van der Waals surface area contributed by atoms with Gasteiger partial charge in [0.2, 0.25) is 0 Å². The summed E-state index contributed by atoms with van der Waals surface area (Å²) in [7, 11) is 0. The fourth-order valence-electron chi connectivity index (χ4n) is 2.05. The van der Waals surface area contributed by atoms with E-state index in [0.717, 1.165) is 19.1 Å². The first-order valence-corrected chi connectivity index (χ1v) is 5.16. The Balaban J connectivity index is 2.07. The van der Waals surface area contributed by atoms with Crippen LogP contribution in [0, 0.1) is 5.92 Å². The van der Waals surface area contributed by atoms with Crippen molar-refractivity contribution in [2.45, 2.75) is 26.3 Å². The number of ether oxygens (including phenoxy) is 1. The van der Waals surface area contributed by atoms with Crippen molar-refractivity contribution in [2.24, 2.45) is 5.92 Å². The van der Waals surface area contributed by atoms with Crippen LogP contribution < -0.4 is 0 Å². The monoisotopic (exact) mass is 187 g/mol. The number of likely N-dealkylation sites (tertiary alicyclic amines) is 1. The molecule has 0 radical (unpaired) electrons. The van der Waals surface area contributed by atoms with Crippen molar-refractivity contribution in [3.8, 4) is 0 Å². The molecule has 1 N–H and O–H groups in total. The van der Waals surface area contributed by atoms with Crippen LogP contribution in [0.25, 0.3) is 0 Å². The van der Waals surface area contributed by atoms with Crippen molar-refractivity contribution in [3.63, 3.8) is 0 Å². The Morgan fingerprint density at radius 2 is 2.15 bits per heavy atom. The molecule has 3 heteroatoms. The molecular formula is C10H21NO2. The van der Waals surface area contributed by atoms with Gasteiger partial charge in [-0.15, -0.1) is 0 Å². The van der Waals surface area contributed by atoms with E-state index in [0.29, 0.717) is 12.6 Å². The first-order chi connectivity index (χ1) is 6.24. The summed E-state index contributed by atoms with van der Waals surface area (Å²) in [5, 5.41) is 8.51. The van der Waals surface area contributed by atoms with E-state index < -0.39 is 0 Å². The molecule has 0 aliphatic carbocycles. The second kappa shape index (κ2) is 5.58. The van der Waals surface area contributed by atoms with Crippen LogP contribution >= 0.6 is 0 Å². The molecule has 0 aromatic heterocycles. The zero-order valence-corrected chi connectivity index (χ0v) is 8.70. The number of aliphatic hydroxyl groups is 1. The van der Waals surface area contributed by atoms with Gasteiger partial charge in [0.1, 0.15) is 0 Å². The van der Waals surface area contributed by atoms with E-state index in [-0.39, 0.29) is 6.61 Å². The Bertz CT molecular complexity index is 141. The van der Waals surface area contributed by atoms with E-state index in [1.807, 2.05) is 0 Å². The molecular weight excluding hydrogens is 166 g/mol. The Hall–Kier alpha value is -0.120. The van der Waals surface area contributed by atoms with Gasteiger partial charge in [-0.3, -0.25) is 4.90 Å². The first kappa shape index (κ1) is 11.0. The molecule has 0 spiro atoms. The summed E-state index contributed by atoms with van der Waals surface area (Å²) in [6.07, 6.45) is 1.31. The van der Waals surface area contributed by atoms with E-state index in [4.69, 9.17) is 9.84 Å². The van der Waals surface area contributed by atoms with E-state index in [9.17, 15) is 0 Å². The maximum atomic E-state index is 8.51. The molecule has 1 aliphatic heterocycles. The van der Waals surface area contributed by atoms with E-state index in [2.05, 4.69) is 18.7 Å². The van der Waals surface area contributed by atoms with Gasteiger partial charge >= 0.3 is 0 Å². The molecule has 1 saturated heterocycles. The van der Waals surface area contributed by atoms with Gasteiger partial charge in [-0.2, -0.15) is 0 Å². The molecule has 78 valence electrons. The number of aliphatic hydroxyl groups excluding tert-OH is 1. The summed E-state index contributed by atoms with van der Waals surface area (Å²) in [5.41, 5.74) is 0. The molecule has 1 rings (SSSR count). The molecule has 1 aliphatic rings. The fraction of sp³-hybridized carbons (Fsp3) is 1.00. The summed E-state index contributed by atoms with van der Waals surface area (Å²) in [6.45, 7) is 8.12. The minimum absolute atomic E-state index is 0.131. The van der Waals surface area contributed by atoms with Crippen LogP contribution in [-0.2, 0) is 4.74 Å². The van der Waals surface area contributed by atoms with Gasteiger partial charge in [0.05, 0.1) is 19.8 Å². The topological polar surface area (TPSA) is 32.7 Å². The van der Waals surface area contributed by atoms with E-state index in [1.165, 1.54) is 13.0 Å². The van der Waals surface area contributed by atoms with E-state index >= 15 is 0 Å². The molecule has 3 nitrogen and oxygen atoms in total. The molecule has 2 atom stereocenters. The van der Waals surface area contributed by atoms with Gasteiger partial charge in [-0.25, -0.2) is 0 Å². The molecule has 0 amide bonds. The summed E-state index contributed by atoms with van der Waals surface area (Å²) in [5.74, 6) is 0.827. The Morgan fingerprint density at radius 3 is 2.69 bits per heavy atom. The van der Waals surface area contributed by atoms with E-state index in [1.54, 1.807) is 0 Å². The van der Waals surface area contributed by atoms with Crippen LogP contribution in [0.2, 0.25) is 0 Å². The molecule has 2 unspecified atom stereocenters. The Labute approximate surface area is 80.7 Å². The predicted octanol–water partition coefficient (Wildman–Crippen LogP) is 0.726. The molecule has 1 heterocycles. The van der Waals surface area contributed by atoms with Crippen molar-refractivity contribution in [1.82, 2.24) is 4.90 Å². The predicted molar refractivity (Wildman–Crippen MR) is 52.7 cm³/mol. The van der Waals surface area contributed by atoms with Gasteiger partial charge < -0.3 is 9.84 Å². The third-order valence-corrected chi connectivity index (χ3v) is 2.67. The third kappa shape index (κ3) is 3.63. The minimum Gasteiger partial charge on any atom is -0.394 e. The second-order valence-corrected chi connectivity index (χ2v) is 4.02. The summed E-state index contributed by atoms with van der Waals surface area (Å²) >= 11 is 0. The maximum absolute atomic E-state index is 8.51. The zero-order chi connectivity index (χ0) is 9.68. The minimum atomic E-state index is 0.131. The number of hydrogen-bond donors (Lipinski definition) is 1. The first-order valence-electron chi connectivity index (χ1n) is 5.16. The van der Waals surface area contributed by atoms with Gasteiger partial charge in [0, 0.05) is 19.1 Å². The highest BCUT2D eigenvalue weighted by Gasteiger charge is 2.25. The number of hydrogen-bond acceptors (Lipinski definition) is 3. The lowest BCUT2D eigenvalue weighted by atomic mass is 10.1. The molecule has 1 fully saturated rings. The summed E-state index contributed by atoms with van der Waals surface area (Å²) < 4.78 is 5.24. The van der Waals surface area contributed by atoms with Crippen molar-refractivity contribution >= 4 is 0 Å². The van der Waals surface area contributed by atoms with Crippen molar-refractivity contribution < 1.29 is 9.84 Å². The fourth-order valence-corrected chi connectivity index (χ4v) is 2.05. The molecule has 0 bridgehead atoms. The standard InChI is InChI=1S/C10H21NO2/c1-9-7-10(2)11(8-9)3-5-13-6-4-12/h9-10,12H,3-8H2,1-2H3. The van der Waals surface area contributed by atoms with Gasteiger partial charge in [-0.05, 0) is 19.3 Å².